The van der Waals surface area contributed by atoms with Crippen LogP contribution in [-0.4, -0.2) is 20.1 Å². The van der Waals surface area contributed by atoms with Crippen molar-refractivity contribution in [2.45, 2.75) is 52.2 Å². The van der Waals surface area contributed by atoms with Crippen LogP contribution in [0.5, 0.6) is 0 Å². The Hall–Kier alpha value is -1.20. The van der Waals surface area contributed by atoms with Gasteiger partial charge in [-0.1, -0.05) is 32.9 Å². The largest absolute Gasteiger partial charge is 0.381 e. The van der Waals surface area contributed by atoms with Crippen molar-refractivity contribution in [3.63, 3.8) is 0 Å². The minimum absolute atomic E-state index is 0.116. The maximum atomic E-state index is 10.5. The minimum Gasteiger partial charge on any atom is -0.381 e. The summed E-state index contributed by atoms with van der Waals surface area (Å²) in [7, 11) is 0. The van der Waals surface area contributed by atoms with Crippen LogP contribution in [0, 0.1) is 0 Å². The molecule has 19 heavy (non-hydrogen) atoms. The Labute approximate surface area is 118 Å². The summed E-state index contributed by atoms with van der Waals surface area (Å²) in [5.41, 5.74) is 0.883. The SMILES string of the molecule is CCCn1nncc1C(O)c1ccc(C(C)(C)C)s1. The predicted molar refractivity (Wildman–Crippen MR) is 77.4 cm³/mol. The van der Waals surface area contributed by atoms with E-state index >= 15 is 0 Å². The monoisotopic (exact) mass is 279 g/mol. The van der Waals surface area contributed by atoms with E-state index in [4.69, 9.17) is 0 Å². The Morgan fingerprint density at radius 3 is 2.68 bits per heavy atom. The van der Waals surface area contributed by atoms with Crippen molar-refractivity contribution >= 4 is 11.3 Å². The van der Waals surface area contributed by atoms with E-state index < -0.39 is 6.10 Å². The van der Waals surface area contributed by atoms with E-state index in [2.05, 4.69) is 44.1 Å². The third-order valence-corrected chi connectivity index (χ3v) is 4.56. The van der Waals surface area contributed by atoms with Crippen LogP contribution in [-0.2, 0) is 12.0 Å². The first-order valence-corrected chi connectivity index (χ1v) is 7.41. The molecule has 0 saturated carbocycles. The molecule has 0 aromatic carbocycles. The number of hydrogen-bond donors (Lipinski definition) is 1. The summed E-state index contributed by atoms with van der Waals surface area (Å²) in [5.74, 6) is 0. The Kier molecular flexibility index (Phi) is 4.06. The molecule has 4 nitrogen and oxygen atoms in total. The van der Waals surface area contributed by atoms with Crippen molar-refractivity contribution < 1.29 is 5.11 Å². The zero-order valence-corrected chi connectivity index (χ0v) is 12.7. The van der Waals surface area contributed by atoms with Crippen molar-refractivity contribution in [1.82, 2.24) is 15.0 Å². The third kappa shape index (κ3) is 3.04. The quantitative estimate of drug-likeness (QED) is 0.935. The lowest BCUT2D eigenvalue weighted by molar-refractivity contribution is 0.211. The Balaban J connectivity index is 2.26. The van der Waals surface area contributed by atoms with Crippen LogP contribution in [0.1, 0.15) is 55.7 Å². The van der Waals surface area contributed by atoms with Crippen molar-refractivity contribution in [3.8, 4) is 0 Å². The zero-order chi connectivity index (χ0) is 14.0. The smallest absolute Gasteiger partial charge is 0.131 e. The van der Waals surface area contributed by atoms with Gasteiger partial charge in [0.25, 0.3) is 0 Å². The number of aliphatic hydroxyl groups excluding tert-OH is 1. The first-order valence-electron chi connectivity index (χ1n) is 6.60. The maximum absolute atomic E-state index is 10.5. The molecule has 1 atom stereocenters. The third-order valence-electron chi connectivity index (χ3n) is 3.00. The normalized spacial score (nSPS) is 13.7. The molecule has 2 aromatic heterocycles. The van der Waals surface area contributed by atoms with Gasteiger partial charge in [0.2, 0.25) is 0 Å². The molecule has 104 valence electrons. The second-order valence-electron chi connectivity index (χ2n) is 5.74. The molecule has 0 aliphatic carbocycles. The molecule has 1 N–H and O–H groups in total. The fourth-order valence-corrected chi connectivity index (χ4v) is 2.98. The van der Waals surface area contributed by atoms with Crippen LogP contribution in [0.15, 0.2) is 18.3 Å². The van der Waals surface area contributed by atoms with Gasteiger partial charge in [-0.15, -0.1) is 16.4 Å². The number of aryl methyl sites for hydroxylation is 1. The lowest BCUT2D eigenvalue weighted by Crippen LogP contribution is -2.09. The minimum atomic E-state index is -0.636. The molecule has 2 heterocycles. The van der Waals surface area contributed by atoms with Gasteiger partial charge in [-0.05, 0) is 24.0 Å². The molecular formula is C14H21N3OS. The maximum Gasteiger partial charge on any atom is 0.131 e. The summed E-state index contributed by atoms with van der Waals surface area (Å²) in [4.78, 5) is 2.22. The number of rotatable bonds is 4. The highest BCUT2D eigenvalue weighted by Crippen LogP contribution is 2.34. The van der Waals surface area contributed by atoms with Gasteiger partial charge >= 0.3 is 0 Å². The van der Waals surface area contributed by atoms with E-state index in [-0.39, 0.29) is 5.41 Å². The van der Waals surface area contributed by atoms with Gasteiger partial charge in [-0.2, -0.15) is 0 Å². The van der Waals surface area contributed by atoms with Crippen LogP contribution >= 0.6 is 11.3 Å². The lowest BCUT2D eigenvalue weighted by Gasteiger charge is -2.15. The van der Waals surface area contributed by atoms with Crippen LogP contribution in [0.25, 0.3) is 0 Å². The number of hydrogen-bond acceptors (Lipinski definition) is 4. The average Bonchev–Trinajstić information content (AvgIpc) is 2.96. The fraction of sp³-hybridized carbons (Fsp3) is 0.571. The summed E-state index contributed by atoms with van der Waals surface area (Å²) in [6, 6.07) is 4.09. The molecule has 0 radical (unpaired) electrons. The first kappa shape index (κ1) is 14.2. The van der Waals surface area contributed by atoms with Crippen molar-refractivity contribution in [2.75, 3.05) is 0 Å². The standard InChI is InChI=1S/C14H21N3OS/c1-5-8-17-10(9-15-16-17)13(18)11-6-7-12(19-11)14(2,3)4/h6-7,9,13,18H,5,8H2,1-4H3. The fourth-order valence-electron chi connectivity index (χ4n) is 1.91. The van der Waals surface area contributed by atoms with Gasteiger partial charge in [0, 0.05) is 16.3 Å². The molecule has 0 spiro atoms. The van der Waals surface area contributed by atoms with E-state index in [0.717, 1.165) is 23.5 Å². The van der Waals surface area contributed by atoms with Gasteiger partial charge in [-0.3, -0.25) is 0 Å². The van der Waals surface area contributed by atoms with E-state index in [1.165, 1.54) is 4.88 Å². The topological polar surface area (TPSA) is 50.9 Å². The Morgan fingerprint density at radius 1 is 1.37 bits per heavy atom. The molecule has 0 bridgehead atoms. The van der Waals surface area contributed by atoms with Crippen LogP contribution < -0.4 is 0 Å². The van der Waals surface area contributed by atoms with E-state index in [0.29, 0.717) is 0 Å². The van der Waals surface area contributed by atoms with Gasteiger partial charge in [0.05, 0.1) is 11.9 Å². The predicted octanol–water partition coefficient (Wildman–Crippen LogP) is 3.13. The summed E-state index contributed by atoms with van der Waals surface area (Å²) in [6.45, 7) is 9.40. The molecule has 2 rings (SSSR count). The molecule has 5 heteroatoms. The van der Waals surface area contributed by atoms with E-state index in [1.807, 2.05) is 6.07 Å². The van der Waals surface area contributed by atoms with Gasteiger partial charge < -0.3 is 5.11 Å². The molecule has 1 unspecified atom stereocenters. The summed E-state index contributed by atoms with van der Waals surface area (Å²) in [6.07, 6.45) is 1.99. The number of thiophene rings is 1. The molecule has 0 fully saturated rings. The Bertz CT molecular complexity index is 539. The highest BCUT2D eigenvalue weighted by Gasteiger charge is 2.21. The van der Waals surface area contributed by atoms with Crippen molar-refractivity contribution in [3.05, 3.63) is 33.8 Å². The first-order chi connectivity index (χ1) is 8.93. The summed E-state index contributed by atoms with van der Waals surface area (Å²) in [5, 5.41) is 18.4. The highest BCUT2D eigenvalue weighted by molar-refractivity contribution is 7.12. The Morgan fingerprint density at radius 2 is 2.11 bits per heavy atom. The second kappa shape index (κ2) is 5.43. The molecule has 0 aliphatic rings. The van der Waals surface area contributed by atoms with Crippen LogP contribution in [0.4, 0.5) is 0 Å². The second-order valence-corrected chi connectivity index (χ2v) is 6.85. The molecule has 0 aliphatic heterocycles. The molecule has 2 aromatic rings. The molecular weight excluding hydrogens is 258 g/mol. The van der Waals surface area contributed by atoms with Crippen LogP contribution in [0.3, 0.4) is 0 Å². The van der Waals surface area contributed by atoms with Crippen LogP contribution in [0.2, 0.25) is 0 Å². The number of aromatic nitrogens is 3. The summed E-state index contributed by atoms with van der Waals surface area (Å²) < 4.78 is 1.78. The molecule has 0 amide bonds. The number of aliphatic hydroxyl groups is 1. The average molecular weight is 279 g/mol. The molecule has 0 saturated heterocycles. The van der Waals surface area contributed by atoms with Gasteiger partial charge in [-0.25, -0.2) is 4.68 Å². The highest BCUT2D eigenvalue weighted by atomic mass is 32.1. The van der Waals surface area contributed by atoms with Crippen molar-refractivity contribution in [2.24, 2.45) is 0 Å². The van der Waals surface area contributed by atoms with E-state index in [9.17, 15) is 5.11 Å². The van der Waals surface area contributed by atoms with Gasteiger partial charge in [0.1, 0.15) is 6.10 Å². The zero-order valence-electron chi connectivity index (χ0n) is 11.9. The summed E-state index contributed by atoms with van der Waals surface area (Å²) >= 11 is 1.65. The van der Waals surface area contributed by atoms with Gasteiger partial charge in [0.15, 0.2) is 0 Å². The lowest BCUT2D eigenvalue weighted by atomic mass is 9.95. The number of nitrogens with zero attached hydrogens (tertiary/aromatic N) is 3. The van der Waals surface area contributed by atoms with E-state index in [1.54, 1.807) is 22.2 Å². The van der Waals surface area contributed by atoms with Crippen molar-refractivity contribution in [1.29, 1.82) is 0 Å².